The molecule has 0 heterocycles. The minimum Gasteiger partial charge on any atom is -0.478 e. The molecule has 0 bridgehead atoms. The summed E-state index contributed by atoms with van der Waals surface area (Å²) in [5.74, 6) is -2.22. The highest BCUT2D eigenvalue weighted by Crippen LogP contribution is 2.20. The summed E-state index contributed by atoms with van der Waals surface area (Å²) in [6.07, 6.45) is 3.06. The SMILES string of the molecule is Nc1ccc(/C=C/c2ccc(N)cc2C(=O)O)c(C(=O)O)c1. The van der Waals surface area contributed by atoms with E-state index in [9.17, 15) is 9.59 Å². The summed E-state index contributed by atoms with van der Waals surface area (Å²) < 4.78 is 0. The molecule has 112 valence electrons. The third kappa shape index (κ3) is 3.24. The molecule has 0 aliphatic rings. The molecule has 0 spiro atoms. The van der Waals surface area contributed by atoms with E-state index in [0.717, 1.165) is 0 Å². The van der Waals surface area contributed by atoms with Gasteiger partial charge in [-0.3, -0.25) is 0 Å². The van der Waals surface area contributed by atoms with Crippen LogP contribution in [-0.4, -0.2) is 22.2 Å². The first kappa shape index (κ1) is 15.1. The number of carboxylic acid groups (broad SMARTS) is 2. The van der Waals surface area contributed by atoms with E-state index in [1.54, 1.807) is 24.3 Å². The average Bonchev–Trinajstić information content (AvgIpc) is 2.46. The number of anilines is 2. The van der Waals surface area contributed by atoms with Gasteiger partial charge in [0.1, 0.15) is 0 Å². The second kappa shape index (κ2) is 6.01. The van der Waals surface area contributed by atoms with Crippen molar-refractivity contribution in [3.05, 3.63) is 58.7 Å². The summed E-state index contributed by atoms with van der Waals surface area (Å²) in [6, 6.07) is 8.98. The Labute approximate surface area is 126 Å². The normalized spacial score (nSPS) is 10.7. The topological polar surface area (TPSA) is 127 Å². The Balaban J connectivity index is 2.46. The molecule has 0 unspecified atom stereocenters. The van der Waals surface area contributed by atoms with Gasteiger partial charge in [-0.1, -0.05) is 24.3 Å². The van der Waals surface area contributed by atoms with Crippen LogP contribution in [0.3, 0.4) is 0 Å². The zero-order valence-electron chi connectivity index (χ0n) is 11.5. The van der Waals surface area contributed by atoms with Crippen LogP contribution in [-0.2, 0) is 0 Å². The quantitative estimate of drug-likeness (QED) is 0.507. The highest BCUT2D eigenvalue weighted by Gasteiger charge is 2.10. The molecule has 0 aliphatic heterocycles. The van der Waals surface area contributed by atoms with E-state index in [-0.39, 0.29) is 11.1 Å². The molecular weight excluding hydrogens is 284 g/mol. The lowest BCUT2D eigenvalue weighted by Crippen LogP contribution is -2.02. The summed E-state index contributed by atoms with van der Waals surface area (Å²) in [5, 5.41) is 18.3. The third-order valence-electron chi connectivity index (χ3n) is 3.06. The van der Waals surface area contributed by atoms with E-state index in [1.165, 1.54) is 24.3 Å². The largest absolute Gasteiger partial charge is 0.478 e. The van der Waals surface area contributed by atoms with E-state index in [4.69, 9.17) is 21.7 Å². The van der Waals surface area contributed by atoms with Gasteiger partial charge in [0.2, 0.25) is 0 Å². The molecule has 0 radical (unpaired) electrons. The molecule has 0 atom stereocenters. The Hall–Kier alpha value is -3.28. The summed E-state index contributed by atoms with van der Waals surface area (Å²) in [7, 11) is 0. The number of rotatable bonds is 4. The van der Waals surface area contributed by atoms with E-state index < -0.39 is 11.9 Å². The number of benzene rings is 2. The Morgan fingerprint density at radius 1 is 0.773 bits per heavy atom. The van der Waals surface area contributed by atoms with Crippen LogP contribution >= 0.6 is 0 Å². The monoisotopic (exact) mass is 298 g/mol. The maximum absolute atomic E-state index is 11.2. The number of hydrogen-bond donors (Lipinski definition) is 4. The molecule has 2 rings (SSSR count). The van der Waals surface area contributed by atoms with Crippen molar-refractivity contribution in [1.82, 2.24) is 0 Å². The Morgan fingerprint density at radius 2 is 1.14 bits per heavy atom. The summed E-state index contributed by atoms with van der Waals surface area (Å²) >= 11 is 0. The smallest absolute Gasteiger partial charge is 0.336 e. The van der Waals surface area contributed by atoms with Crippen LogP contribution in [0.25, 0.3) is 12.2 Å². The highest BCUT2D eigenvalue weighted by molar-refractivity contribution is 5.97. The fraction of sp³-hybridized carbons (Fsp3) is 0. The number of aromatic carboxylic acids is 2. The van der Waals surface area contributed by atoms with Gasteiger partial charge in [0.05, 0.1) is 11.1 Å². The molecule has 0 amide bonds. The molecule has 0 aromatic heterocycles. The van der Waals surface area contributed by atoms with Crippen molar-refractivity contribution in [1.29, 1.82) is 0 Å². The van der Waals surface area contributed by atoms with Crippen LogP contribution in [0.1, 0.15) is 31.8 Å². The van der Waals surface area contributed by atoms with Gasteiger partial charge in [-0.05, 0) is 35.4 Å². The molecule has 22 heavy (non-hydrogen) atoms. The first-order valence-electron chi connectivity index (χ1n) is 6.32. The number of carbonyl (C=O) groups is 2. The highest BCUT2D eigenvalue weighted by atomic mass is 16.4. The summed E-state index contributed by atoms with van der Waals surface area (Å²) in [6.45, 7) is 0. The van der Waals surface area contributed by atoms with Crippen molar-refractivity contribution in [2.75, 3.05) is 11.5 Å². The van der Waals surface area contributed by atoms with Crippen molar-refractivity contribution in [3.8, 4) is 0 Å². The van der Waals surface area contributed by atoms with E-state index in [2.05, 4.69) is 0 Å². The zero-order valence-corrected chi connectivity index (χ0v) is 11.5. The number of carboxylic acids is 2. The lowest BCUT2D eigenvalue weighted by atomic mass is 10.0. The van der Waals surface area contributed by atoms with E-state index in [0.29, 0.717) is 22.5 Å². The lowest BCUT2D eigenvalue weighted by molar-refractivity contribution is 0.0685. The van der Waals surface area contributed by atoms with Crippen molar-refractivity contribution >= 4 is 35.5 Å². The van der Waals surface area contributed by atoms with Gasteiger partial charge in [-0.15, -0.1) is 0 Å². The molecular formula is C16H14N2O4. The van der Waals surface area contributed by atoms with Crippen molar-refractivity contribution in [2.24, 2.45) is 0 Å². The molecule has 6 nitrogen and oxygen atoms in total. The van der Waals surface area contributed by atoms with E-state index >= 15 is 0 Å². The maximum atomic E-state index is 11.2. The molecule has 6 heteroatoms. The second-order valence-corrected chi connectivity index (χ2v) is 4.64. The van der Waals surface area contributed by atoms with Crippen LogP contribution < -0.4 is 11.5 Å². The summed E-state index contributed by atoms with van der Waals surface area (Å²) in [4.78, 5) is 22.4. The molecule has 0 saturated heterocycles. The van der Waals surface area contributed by atoms with Crippen molar-refractivity contribution in [2.45, 2.75) is 0 Å². The standard InChI is InChI=1S/C16H14N2O4/c17-11-5-3-9(13(7-11)15(19)20)1-2-10-4-6-12(18)8-14(10)16(21)22/h1-8H,17-18H2,(H,19,20)(H,21,22)/b2-1+. The van der Waals surface area contributed by atoms with Crippen LogP contribution in [0.2, 0.25) is 0 Å². The Kier molecular flexibility index (Phi) is 4.13. The lowest BCUT2D eigenvalue weighted by Gasteiger charge is -2.05. The van der Waals surface area contributed by atoms with Gasteiger partial charge in [-0.25, -0.2) is 9.59 Å². The van der Waals surface area contributed by atoms with Crippen LogP contribution in [0.15, 0.2) is 36.4 Å². The molecule has 0 saturated carbocycles. The molecule has 6 N–H and O–H groups in total. The fourth-order valence-corrected chi connectivity index (χ4v) is 1.99. The Bertz CT molecular complexity index is 716. The van der Waals surface area contributed by atoms with Crippen LogP contribution in [0.4, 0.5) is 11.4 Å². The average molecular weight is 298 g/mol. The first-order valence-corrected chi connectivity index (χ1v) is 6.32. The van der Waals surface area contributed by atoms with Gasteiger partial charge in [0.25, 0.3) is 0 Å². The van der Waals surface area contributed by atoms with Gasteiger partial charge >= 0.3 is 11.9 Å². The van der Waals surface area contributed by atoms with Gasteiger partial charge < -0.3 is 21.7 Å². The minimum atomic E-state index is -1.11. The van der Waals surface area contributed by atoms with Crippen molar-refractivity contribution in [3.63, 3.8) is 0 Å². The first-order chi connectivity index (χ1) is 10.4. The number of nitrogen functional groups attached to an aromatic ring is 2. The van der Waals surface area contributed by atoms with E-state index in [1.807, 2.05) is 0 Å². The molecule has 2 aromatic rings. The third-order valence-corrected chi connectivity index (χ3v) is 3.06. The van der Waals surface area contributed by atoms with Gasteiger partial charge in [0, 0.05) is 11.4 Å². The minimum absolute atomic E-state index is 0.0450. The van der Waals surface area contributed by atoms with Crippen molar-refractivity contribution < 1.29 is 19.8 Å². The molecule has 2 aromatic carbocycles. The maximum Gasteiger partial charge on any atom is 0.336 e. The Morgan fingerprint density at radius 3 is 1.45 bits per heavy atom. The van der Waals surface area contributed by atoms with Gasteiger partial charge in [-0.2, -0.15) is 0 Å². The number of nitrogens with two attached hydrogens (primary N) is 2. The number of hydrogen-bond acceptors (Lipinski definition) is 4. The zero-order chi connectivity index (χ0) is 16.3. The predicted octanol–water partition coefficient (Wildman–Crippen LogP) is 2.42. The van der Waals surface area contributed by atoms with Crippen LogP contribution in [0.5, 0.6) is 0 Å². The van der Waals surface area contributed by atoms with Crippen LogP contribution in [0, 0.1) is 0 Å². The summed E-state index contributed by atoms with van der Waals surface area (Å²) in [5.41, 5.74) is 12.8. The molecule has 0 fully saturated rings. The van der Waals surface area contributed by atoms with Gasteiger partial charge in [0.15, 0.2) is 0 Å². The molecule has 0 aliphatic carbocycles. The predicted molar refractivity (Wildman–Crippen MR) is 84.6 cm³/mol. The fourth-order valence-electron chi connectivity index (χ4n) is 1.99. The second-order valence-electron chi connectivity index (χ2n) is 4.64.